The van der Waals surface area contributed by atoms with E-state index in [1.54, 1.807) is 16.8 Å². The topological polar surface area (TPSA) is 73.5 Å². The third kappa shape index (κ3) is 3.12. The van der Waals surface area contributed by atoms with Gasteiger partial charge in [-0.25, -0.2) is 13.8 Å². The molecule has 0 bridgehead atoms. The Morgan fingerprint density at radius 2 is 1.83 bits per heavy atom. The molecular weight excluding hydrogens is 309 g/mol. The Balaban J connectivity index is 1.73. The quantitative estimate of drug-likeness (QED) is 0.751. The number of nitrogens with one attached hydrogen (secondary N) is 1. The van der Waals surface area contributed by atoms with E-state index in [9.17, 15) is 4.39 Å². The number of hydrogen-bond acceptors (Lipinski definition) is 5. The molecule has 3 aromatic rings. The van der Waals surface area contributed by atoms with E-state index in [1.807, 2.05) is 31.5 Å². The summed E-state index contributed by atoms with van der Waals surface area (Å²) in [6, 6.07) is 6.68. The molecule has 126 valence electrons. The van der Waals surface area contributed by atoms with Crippen LogP contribution in [0.25, 0.3) is 0 Å². The zero-order valence-electron chi connectivity index (χ0n) is 14.0. The van der Waals surface area contributed by atoms with E-state index in [-0.39, 0.29) is 5.82 Å². The summed E-state index contributed by atoms with van der Waals surface area (Å²) in [4.78, 5) is 0. The molecule has 1 aromatic carbocycles. The van der Waals surface area contributed by atoms with Gasteiger partial charge in [0, 0.05) is 12.1 Å². The lowest BCUT2D eigenvalue weighted by Gasteiger charge is -2.08. The Bertz CT molecular complexity index is 837. The minimum Gasteiger partial charge on any atom is -0.361 e. The first kappa shape index (κ1) is 16.1. The highest BCUT2D eigenvalue weighted by atomic mass is 19.1. The summed E-state index contributed by atoms with van der Waals surface area (Å²) < 4.78 is 17.3. The summed E-state index contributed by atoms with van der Waals surface area (Å²) in [5.41, 5.74) is 3.34. The molecule has 0 aliphatic heterocycles. The van der Waals surface area contributed by atoms with Gasteiger partial charge in [0.1, 0.15) is 5.82 Å². The molecule has 0 saturated carbocycles. The molecule has 0 atom stereocenters. The number of rotatable bonds is 6. The third-order valence-corrected chi connectivity index (χ3v) is 4.02. The maximum absolute atomic E-state index is 13.8. The third-order valence-electron chi connectivity index (χ3n) is 4.02. The highest BCUT2D eigenvalue weighted by molar-refractivity contribution is 5.39. The summed E-state index contributed by atoms with van der Waals surface area (Å²) in [6.07, 6.45) is 0. The van der Waals surface area contributed by atoms with Crippen LogP contribution in [0.2, 0.25) is 0 Å². The zero-order chi connectivity index (χ0) is 17.1. The molecule has 0 saturated heterocycles. The number of nitrogens with zero attached hydrogens (tertiary/aromatic N) is 6. The number of hydrogen-bond donors (Lipinski definition) is 1. The van der Waals surface area contributed by atoms with Crippen molar-refractivity contribution in [2.75, 3.05) is 5.32 Å². The SMILES string of the molecule is CCn1nnc(C)c1CNc1nnn(Cc2ccccc2F)c1C. The van der Waals surface area contributed by atoms with Crippen LogP contribution in [0.1, 0.15) is 29.6 Å². The number of aromatic nitrogens is 6. The van der Waals surface area contributed by atoms with Gasteiger partial charge >= 0.3 is 0 Å². The summed E-state index contributed by atoms with van der Waals surface area (Å²) in [7, 11) is 0. The molecule has 0 aliphatic carbocycles. The lowest BCUT2D eigenvalue weighted by Crippen LogP contribution is -2.10. The van der Waals surface area contributed by atoms with Gasteiger partial charge in [-0.3, -0.25) is 0 Å². The van der Waals surface area contributed by atoms with Crippen LogP contribution in [0.3, 0.4) is 0 Å². The van der Waals surface area contributed by atoms with Gasteiger partial charge < -0.3 is 5.32 Å². The van der Waals surface area contributed by atoms with Crippen molar-refractivity contribution in [3.05, 3.63) is 52.7 Å². The molecule has 2 heterocycles. The van der Waals surface area contributed by atoms with Crippen LogP contribution in [0.4, 0.5) is 10.2 Å². The zero-order valence-corrected chi connectivity index (χ0v) is 14.0. The predicted molar refractivity (Wildman–Crippen MR) is 88.0 cm³/mol. The van der Waals surface area contributed by atoms with E-state index in [0.29, 0.717) is 24.5 Å². The predicted octanol–water partition coefficient (Wildman–Crippen LogP) is 2.31. The van der Waals surface area contributed by atoms with Crippen molar-refractivity contribution in [2.45, 2.75) is 40.4 Å². The van der Waals surface area contributed by atoms with Gasteiger partial charge in [-0.1, -0.05) is 28.6 Å². The average molecular weight is 329 g/mol. The van der Waals surface area contributed by atoms with Gasteiger partial charge in [0.2, 0.25) is 0 Å². The number of benzene rings is 1. The van der Waals surface area contributed by atoms with Crippen molar-refractivity contribution in [3.8, 4) is 0 Å². The Kier molecular flexibility index (Phi) is 4.54. The van der Waals surface area contributed by atoms with E-state index in [2.05, 4.69) is 25.9 Å². The second kappa shape index (κ2) is 6.77. The summed E-state index contributed by atoms with van der Waals surface area (Å²) in [5, 5.41) is 19.7. The van der Waals surface area contributed by atoms with E-state index in [1.165, 1.54) is 6.07 Å². The molecule has 3 rings (SSSR count). The number of aryl methyl sites for hydroxylation is 2. The highest BCUT2D eigenvalue weighted by Gasteiger charge is 2.13. The highest BCUT2D eigenvalue weighted by Crippen LogP contribution is 2.15. The van der Waals surface area contributed by atoms with Crippen LogP contribution in [0, 0.1) is 19.7 Å². The number of anilines is 1. The molecule has 0 aliphatic rings. The lowest BCUT2D eigenvalue weighted by atomic mass is 10.2. The maximum Gasteiger partial charge on any atom is 0.171 e. The standard InChI is InChI=1S/C16H20FN7/c1-4-23-15(11(2)19-21-23)9-18-16-12(3)24(22-20-16)10-13-7-5-6-8-14(13)17/h5-8,18H,4,9-10H2,1-3H3. The van der Waals surface area contributed by atoms with Crippen LogP contribution in [0.15, 0.2) is 24.3 Å². The van der Waals surface area contributed by atoms with E-state index in [4.69, 9.17) is 0 Å². The first-order valence-electron chi connectivity index (χ1n) is 7.86. The fourth-order valence-electron chi connectivity index (χ4n) is 2.52. The summed E-state index contributed by atoms with van der Waals surface area (Å²) in [5.74, 6) is 0.435. The fraction of sp³-hybridized carbons (Fsp3) is 0.375. The molecule has 2 aromatic heterocycles. The van der Waals surface area contributed by atoms with Crippen LogP contribution in [-0.4, -0.2) is 30.0 Å². The van der Waals surface area contributed by atoms with Crippen molar-refractivity contribution in [3.63, 3.8) is 0 Å². The fourth-order valence-corrected chi connectivity index (χ4v) is 2.52. The van der Waals surface area contributed by atoms with E-state index < -0.39 is 0 Å². The minimum absolute atomic E-state index is 0.240. The monoisotopic (exact) mass is 329 g/mol. The first-order chi connectivity index (χ1) is 11.6. The molecule has 24 heavy (non-hydrogen) atoms. The largest absolute Gasteiger partial charge is 0.361 e. The normalized spacial score (nSPS) is 11.0. The second-order valence-corrected chi connectivity index (χ2v) is 5.56. The van der Waals surface area contributed by atoms with Crippen molar-refractivity contribution in [1.82, 2.24) is 30.0 Å². The van der Waals surface area contributed by atoms with Crippen molar-refractivity contribution in [1.29, 1.82) is 0 Å². The molecule has 7 nitrogen and oxygen atoms in total. The van der Waals surface area contributed by atoms with Gasteiger partial charge in [0.15, 0.2) is 5.82 Å². The maximum atomic E-state index is 13.8. The van der Waals surface area contributed by atoms with Gasteiger partial charge in [0.05, 0.1) is 30.2 Å². The number of halogens is 1. The minimum atomic E-state index is -0.240. The molecule has 1 N–H and O–H groups in total. The average Bonchev–Trinajstić information content (AvgIpc) is 3.11. The van der Waals surface area contributed by atoms with E-state index in [0.717, 1.165) is 23.6 Å². The van der Waals surface area contributed by atoms with E-state index >= 15 is 0 Å². The van der Waals surface area contributed by atoms with Gasteiger partial charge in [-0.15, -0.1) is 10.2 Å². The van der Waals surface area contributed by atoms with Crippen molar-refractivity contribution >= 4 is 5.82 Å². The van der Waals surface area contributed by atoms with Crippen LogP contribution >= 0.6 is 0 Å². The van der Waals surface area contributed by atoms with Gasteiger partial charge in [-0.2, -0.15) is 0 Å². The Labute approximate surface area is 139 Å². The molecule has 0 spiro atoms. The molecule has 8 heteroatoms. The summed E-state index contributed by atoms with van der Waals surface area (Å²) in [6.45, 7) is 7.53. The Morgan fingerprint density at radius 1 is 1.08 bits per heavy atom. The van der Waals surface area contributed by atoms with Gasteiger partial charge in [-0.05, 0) is 26.8 Å². The molecule has 0 amide bonds. The molecule has 0 radical (unpaired) electrons. The van der Waals surface area contributed by atoms with Crippen LogP contribution < -0.4 is 5.32 Å². The lowest BCUT2D eigenvalue weighted by molar-refractivity contribution is 0.571. The molecule has 0 fully saturated rings. The van der Waals surface area contributed by atoms with Crippen molar-refractivity contribution in [2.24, 2.45) is 0 Å². The molecule has 0 unspecified atom stereocenters. The second-order valence-electron chi connectivity index (χ2n) is 5.56. The first-order valence-corrected chi connectivity index (χ1v) is 7.86. The van der Waals surface area contributed by atoms with Gasteiger partial charge in [0.25, 0.3) is 0 Å². The van der Waals surface area contributed by atoms with Crippen molar-refractivity contribution < 1.29 is 4.39 Å². The Hall–Kier alpha value is -2.77. The van der Waals surface area contributed by atoms with Crippen LogP contribution in [0.5, 0.6) is 0 Å². The smallest absolute Gasteiger partial charge is 0.171 e. The summed E-state index contributed by atoms with van der Waals surface area (Å²) >= 11 is 0. The van der Waals surface area contributed by atoms with Crippen LogP contribution in [-0.2, 0) is 19.6 Å². The molecular formula is C16H20FN7. The Morgan fingerprint density at radius 3 is 2.58 bits per heavy atom.